The van der Waals surface area contributed by atoms with E-state index in [4.69, 9.17) is 10.2 Å². The maximum absolute atomic E-state index is 14.5. The lowest BCUT2D eigenvalue weighted by molar-refractivity contribution is 0.0674. The van der Waals surface area contributed by atoms with Crippen molar-refractivity contribution in [2.75, 3.05) is 0 Å². The molecule has 0 atom stereocenters. The third-order valence-electron chi connectivity index (χ3n) is 4.05. The van der Waals surface area contributed by atoms with Gasteiger partial charge in [0.15, 0.2) is 23.3 Å². The second kappa shape index (κ2) is 6.60. The Balaban J connectivity index is 2.93. The minimum atomic E-state index is -2.45. The summed E-state index contributed by atoms with van der Waals surface area (Å²) < 4.78 is 85.3. The molecular weight excluding hydrogens is 382 g/mol. The first-order valence-corrected chi connectivity index (χ1v) is 7.15. The summed E-state index contributed by atoms with van der Waals surface area (Å²) in [5, 5.41) is 17.6. The molecular formula is C17H10F6O4. The molecule has 2 rings (SSSR count). The highest BCUT2D eigenvalue weighted by molar-refractivity contribution is 5.89. The molecule has 0 saturated heterocycles. The second-order valence-corrected chi connectivity index (χ2v) is 6.03. The van der Waals surface area contributed by atoms with Crippen LogP contribution >= 0.6 is 0 Å². The SMILES string of the molecule is CC(C)(c1c(F)ccc(C(=O)O)c1F)c1c(F)c(F)c(C(=O)O)c(F)c1F. The molecule has 2 aromatic carbocycles. The van der Waals surface area contributed by atoms with Crippen LogP contribution in [0.1, 0.15) is 45.7 Å². The molecule has 0 amide bonds. The zero-order valence-electron chi connectivity index (χ0n) is 13.6. The third kappa shape index (κ3) is 3.00. The van der Waals surface area contributed by atoms with Gasteiger partial charge in [-0.3, -0.25) is 0 Å². The van der Waals surface area contributed by atoms with E-state index < -0.39 is 74.5 Å². The van der Waals surface area contributed by atoms with Crippen LogP contribution in [-0.4, -0.2) is 22.2 Å². The summed E-state index contributed by atoms with van der Waals surface area (Å²) in [4.78, 5) is 21.8. The van der Waals surface area contributed by atoms with Gasteiger partial charge in [-0.15, -0.1) is 0 Å². The van der Waals surface area contributed by atoms with E-state index in [0.717, 1.165) is 13.8 Å². The van der Waals surface area contributed by atoms with E-state index >= 15 is 0 Å². The Labute approximate surface area is 147 Å². The van der Waals surface area contributed by atoms with Crippen LogP contribution in [-0.2, 0) is 5.41 Å². The Hall–Kier alpha value is -3.04. The van der Waals surface area contributed by atoms with Gasteiger partial charge in [0, 0.05) is 16.5 Å². The van der Waals surface area contributed by atoms with Gasteiger partial charge in [0.1, 0.15) is 17.2 Å². The molecule has 2 N–H and O–H groups in total. The minimum Gasteiger partial charge on any atom is -0.478 e. The average Bonchev–Trinajstić information content (AvgIpc) is 2.52. The molecule has 144 valence electrons. The van der Waals surface area contributed by atoms with Crippen molar-refractivity contribution in [3.63, 3.8) is 0 Å². The summed E-state index contributed by atoms with van der Waals surface area (Å²) in [7, 11) is 0. The standard InChI is InChI=1S/C17H10F6O4/c1-17(2,8-6(18)4-3-5(10(8)19)15(24)25)9-13(22)11(20)7(16(26)27)12(21)14(9)23/h3-4H,1-2H3,(H,24,25)(H,26,27). The largest absolute Gasteiger partial charge is 0.478 e. The Morgan fingerprint density at radius 1 is 0.741 bits per heavy atom. The van der Waals surface area contributed by atoms with Crippen LogP contribution < -0.4 is 0 Å². The number of aromatic carboxylic acids is 2. The molecule has 0 aliphatic heterocycles. The molecule has 0 saturated carbocycles. The van der Waals surface area contributed by atoms with E-state index in [9.17, 15) is 35.9 Å². The quantitative estimate of drug-likeness (QED) is 0.603. The lowest BCUT2D eigenvalue weighted by Gasteiger charge is -2.28. The number of carboxylic acid groups (broad SMARTS) is 2. The molecule has 27 heavy (non-hydrogen) atoms. The molecule has 0 unspecified atom stereocenters. The molecule has 0 fully saturated rings. The van der Waals surface area contributed by atoms with E-state index in [2.05, 4.69) is 0 Å². The fraction of sp³-hybridized carbons (Fsp3) is 0.176. The van der Waals surface area contributed by atoms with Gasteiger partial charge in [0.05, 0.1) is 5.56 Å². The molecule has 0 aliphatic rings. The van der Waals surface area contributed by atoms with Gasteiger partial charge in [-0.05, 0) is 12.1 Å². The van der Waals surface area contributed by atoms with E-state index in [-0.39, 0.29) is 0 Å². The summed E-state index contributed by atoms with van der Waals surface area (Å²) in [6.07, 6.45) is 0. The first kappa shape index (κ1) is 20.3. The molecule has 4 nitrogen and oxygen atoms in total. The first-order valence-electron chi connectivity index (χ1n) is 7.15. The molecule has 0 heterocycles. The van der Waals surface area contributed by atoms with Gasteiger partial charge in [-0.1, -0.05) is 13.8 Å². The molecule has 0 radical (unpaired) electrons. The summed E-state index contributed by atoms with van der Waals surface area (Å²) in [5.41, 5.74) is -8.06. The zero-order chi connectivity index (χ0) is 20.8. The number of hydrogen-bond donors (Lipinski definition) is 2. The molecule has 0 bridgehead atoms. The van der Waals surface area contributed by atoms with Crippen LogP contribution in [0.4, 0.5) is 26.3 Å². The van der Waals surface area contributed by atoms with Crippen LogP contribution in [0, 0.1) is 34.9 Å². The van der Waals surface area contributed by atoms with Crippen molar-refractivity contribution in [3.05, 3.63) is 69.3 Å². The number of benzene rings is 2. The van der Waals surface area contributed by atoms with E-state index in [1.807, 2.05) is 0 Å². The lowest BCUT2D eigenvalue weighted by atomic mass is 9.76. The predicted molar refractivity (Wildman–Crippen MR) is 78.7 cm³/mol. The maximum atomic E-state index is 14.5. The summed E-state index contributed by atoms with van der Waals surface area (Å²) in [6, 6.07) is 1.08. The van der Waals surface area contributed by atoms with Crippen molar-refractivity contribution >= 4 is 11.9 Å². The van der Waals surface area contributed by atoms with Crippen molar-refractivity contribution in [2.24, 2.45) is 0 Å². The average molecular weight is 392 g/mol. The Bertz CT molecular complexity index is 955. The van der Waals surface area contributed by atoms with Crippen molar-refractivity contribution in [1.29, 1.82) is 0 Å². The minimum absolute atomic E-state index is 0.512. The fourth-order valence-corrected chi connectivity index (χ4v) is 2.78. The smallest absolute Gasteiger partial charge is 0.341 e. The number of carbonyl (C=O) groups is 2. The number of carboxylic acids is 2. The van der Waals surface area contributed by atoms with Gasteiger partial charge in [0.25, 0.3) is 0 Å². The van der Waals surface area contributed by atoms with Gasteiger partial charge in [-0.2, -0.15) is 0 Å². The van der Waals surface area contributed by atoms with Gasteiger partial charge in [0.2, 0.25) is 0 Å². The summed E-state index contributed by atoms with van der Waals surface area (Å²) in [6.45, 7) is 1.59. The van der Waals surface area contributed by atoms with Crippen molar-refractivity contribution < 1.29 is 46.1 Å². The Morgan fingerprint density at radius 2 is 1.22 bits per heavy atom. The predicted octanol–water partition coefficient (Wildman–Crippen LogP) is 4.24. The third-order valence-corrected chi connectivity index (χ3v) is 4.05. The van der Waals surface area contributed by atoms with Crippen LogP contribution in [0.3, 0.4) is 0 Å². The van der Waals surface area contributed by atoms with Crippen molar-refractivity contribution in [3.8, 4) is 0 Å². The van der Waals surface area contributed by atoms with Crippen LogP contribution in [0.2, 0.25) is 0 Å². The highest BCUT2D eigenvalue weighted by Gasteiger charge is 2.41. The molecule has 0 spiro atoms. The van der Waals surface area contributed by atoms with Crippen LogP contribution in [0.15, 0.2) is 12.1 Å². The van der Waals surface area contributed by atoms with Crippen LogP contribution in [0.25, 0.3) is 0 Å². The number of rotatable bonds is 4. The van der Waals surface area contributed by atoms with E-state index in [0.29, 0.717) is 12.1 Å². The highest BCUT2D eigenvalue weighted by atomic mass is 19.2. The number of hydrogen-bond acceptors (Lipinski definition) is 2. The molecule has 0 aliphatic carbocycles. The van der Waals surface area contributed by atoms with Gasteiger partial charge >= 0.3 is 11.9 Å². The zero-order valence-corrected chi connectivity index (χ0v) is 13.6. The molecule has 10 heteroatoms. The number of halogens is 6. The van der Waals surface area contributed by atoms with Crippen molar-refractivity contribution in [2.45, 2.75) is 19.3 Å². The van der Waals surface area contributed by atoms with Crippen LogP contribution in [0.5, 0.6) is 0 Å². The van der Waals surface area contributed by atoms with Crippen molar-refractivity contribution in [1.82, 2.24) is 0 Å². The summed E-state index contributed by atoms with van der Waals surface area (Å²) >= 11 is 0. The monoisotopic (exact) mass is 392 g/mol. The fourth-order valence-electron chi connectivity index (χ4n) is 2.78. The lowest BCUT2D eigenvalue weighted by Crippen LogP contribution is -2.29. The highest BCUT2D eigenvalue weighted by Crippen LogP contribution is 2.40. The van der Waals surface area contributed by atoms with Gasteiger partial charge < -0.3 is 10.2 Å². The Kier molecular flexibility index (Phi) is 4.96. The van der Waals surface area contributed by atoms with E-state index in [1.165, 1.54) is 0 Å². The Morgan fingerprint density at radius 3 is 1.63 bits per heavy atom. The first-order chi connectivity index (χ1) is 12.3. The second-order valence-electron chi connectivity index (χ2n) is 6.03. The normalized spacial score (nSPS) is 11.6. The van der Waals surface area contributed by atoms with Gasteiger partial charge in [-0.25, -0.2) is 35.9 Å². The maximum Gasteiger partial charge on any atom is 0.341 e. The molecule has 0 aromatic heterocycles. The topological polar surface area (TPSA) is 74.6 Å². The van der Waals surface area contributed by atoms with E-state index in [1.54, 1.807) is 0 Å². The molecule has 2 aromatic rings. The summed E-state index contributed by atoms with van der Waals surface area (Å²) in [5.74, 6) is -16.1.